The molecule has 0 aliphatic carbocycles. The summed E-state index contributed by atoms with van der Waals surface area (Å²) < 4.78 is 0. The van der Waals surface area contributed by atoms with Gasteiger partial charge in [-0.2, -0.15) is 5.26 Å². The van der Waals surface area contributed by atoms with Crippen LogP contribution in [0.3, 0.4) is 0 Å². The van der Waals surface area contributed by atoms with Crippen LogP contribution in [0.1, 0.15) is 17.5 Å². The van der Waals surface area contributed by atoms with Crippen molar-refractivity contribution < 1.29 is 9.90 Å². The van der Waals surface area contributed by atoms with E-state index < -0.39 is 12.0 Å². The van der Waals surface area contributed by atoms with Crippen LogP contribution in [-0.2, 0) is 11.2 Å². The van der Waals surface area contributed by atoms with Crippen LogP contribution in [0, 0.1) is 11.3 Å². The SMILES string of the molecule is N#Cc1cc(CC[C@H](N)C(=O)O)cc(Cl)c1Cl. The molecule has 17 heavy (non-hydrogen) atoms. The van der Waals surface area contributed by atoms with E-state index in [1.165, 1.54) is 0 Å². The van der Waals surface area contributed by atoms with E-state index in [1.54, 1.807) is 12.1 Å². The normalized spacial score (nSPS) is 11.9. The molecule has 0 bridgehead atoms. The van der Waals surface area contributed by atoms with Crippen molar-refractivity contribution in [2.24, 2.45) is 5.73 Å². The Bertz CT molecular complexity index is 483. The van der Waals surface area contributed by atoms with Gasteiger partial charge in [-0.1, -0.05) is 23.2 Å². The van der Waals surface area contributed by atoms with Gasteiger partial charge in [-0.15, -0.1) is 0 Å². The van der Waals surface area contributed by atoms with Crippen molar-refractivity contribution in [2.75, 3.05) is 0 Å². The molecular formula is C11H10Cl2N2O2. The summed E-state index contributed by atoms with van der Waals surface area (Å²) in [4.78, 5) is 10.5. The van der Waals surface area contributed by atoms with Gasteiger partial charge in [0.2, 0.25) is 0 Å². The molecule has 0 aromatic heterocycles. The number of aliphatic carboxylic acids is 1. The van der Waals surface area contributed by atoms with Crippen LogP contribution in [0.5, 0.6) is 0 Å². The number of carbonyl (C=O) groups is 1. The number of aryl methyl sites for hydroxylation is 1. The number of hydrogen-bond acceptors (Lipinski definition) is 3. The Labute approximate surface area is 109 Å². The molecule has 1 aromatic rings. The minimum Gasteiger partial charge on any atom is -0.480 e. The lowest BCUT2D eigenvalue weighted by molar-refractivity contribution is -0.138. The summed E-state index contributed by atoms with van der Waals surface area (Å²) in [6.45, 7) is 0. The summed E-state index contributed by atoms with van der Waals surface area (Å²) in [7, 11) is 0. The van der Waals surface area contributed by atoms with Crippen LogP contribution in [0.4, 0.5) is 0 Å². The van der Waals surface area contributed by atoms with E-state index in [9.17, 15) is 4.79 Å². The molecule has 6 heteroatoms. The second-order valence-corrected chi connectivity index (χ2v) is 4.32. The van der Waals surface area contributed by atoms with Crippen molar-refractivity contribution in [1.29, 1.82) is 5.26 Å². The number of nitrogens with two attached hydrogens (primary N) is 1. The fourth-order valence-corrected chi connectivity index (χ4v) is 1.71. The molecule has 1 rings (SSSR count). The van der Waals surface area contributed by atoms with Gasteiger partial charge < -0.3 is 10.8 Å². The number of nitriles is 1. The highest BCUT2D eigenvalue weighted by atomic mass is 35.5. The molecular weight excluding hydrogens is 263 g/mol. The number of benzene rings is 1. The van der Waals surface area contributed by atoms with E-state index in [4.69, 9.17) is 39.3 Å². The molecule has 0 aliphatic heterocycles. The first-order valence-corrected chi connectivity index (χ1v) is 5.57. The van der Waals surface area contributed by atoms with Crippen LogP contribution in [0.15, 0.2) is 12.1 Å². The van der Waals surface area contributed by atoms with Gasteiger partial charge in [-0.3, -0.25) is 4.79 Å². The first kappa shape index (κ1) is 13.8. The van der Waals surface area contributed by atoms with Gasteiger partial charge in [0.05, 0.1) is 15.6 Å². The zero-order valence-electron chi connectivity index (χ0n) is 8.78. The lowest BCUT2D eigenvalue weighted by Gasteiger charge is -2.08. The minimum absolute atomic E-state index is 0.209. The van der Waals surface area contributed by atoms with Crippen LogP contribution < -0.4 is 5.73 Å². The van der Waals surface area contributed by atoms with Gasteiger partial charge in [0.25, 0.3) is 0 Å². The summed E-state index contributed by atoms with van der Waals surface area (Å²) in [6, 6.07) is 4.20. The maximum atomic E-state index is 10.5. The zero-order chi connectivity index (χ0) is 13.0. The third kappa shape index (κ3) is 3.60. The second-order valence-electron chi connectivity index (χ2n) is 3.53. The van der Waals surface area contributed by atoms with E-state index in [2.05, 4.69) is 0 Å². The van der Waals surface area contributed by atoms with Crippen LogP contribution >= 0.6 is 23.2 Å². The Morgan fingerprint density at radius 1 is 1.53 bits per heavy atom. The first-order valence-electron chi connectivity index (χ1n) is 4.82. The molecule has 0 saturated heterocycles. The highest BCUT2D eigenvalue weighted by molar-refractivity contribution is 6.42. The van der Waals surface area contributed by atoms with Gasteiger partial charge in [0.15, 0.2) is 0 Å². The minimum atomic E-state index is -1.05. The lowest BCUT2D eigenvalue weighted by atomic mass is 10.0. The molecule has 0 radical (unpaired) electrons. The van der Waals surface area contributed by atoms with Crippen molar-refractivity contribution in [3.05, 3.63) is 33.3 Å². The molecule has 1 atom stereocenters. The predicted octanol–water partition coefficient (Wildman–Crippen LogP) is 2.21. The van der Waals surface area contributed by atoms with E-state index in [0.29, 0.717) is 6.42 Å². The molecule has 0 unspecified atom stereocenters. The standard InChI is InChI=1S/C11H10Cl2N2O2/c12-8-4-6(1-2-9(15)11(16)17)3-7(5-14)10(8)13/h3-4,9H,1-2,15H2,(H,16,17)/t9-/m0/s1. The second kappa shape index (κ2) is 5.87. The molecule has 0 heterocycles. The summed E-state index contributed by atoms with van der Waals surface area (Å²) in [5.74, 6) is -1.05. The lowest BCUT2D eigenvalue weighted by Crippen LogP contribution is -2.30. The predicted molar refractivity (Wildman–Crippen MR) is 65.1 cm³/mol. The Balaban J connectivity index is 2.83. The Morgan fingerprint density at radius 3 is 2.71 bits per heavy atom. The van der Waals surface area contributed by atoms with Crippen molar-refractivity contribution in [3.8, 4) is 6.07 Å². The van der Waals surface area contributed by atoms with Gasteiger partial charge in [-0.05, 0) is 30.5 Å². The molecule has 0 saturated carbocycles. The number of halogens is 2. The van der Waals surface area contributed by atoms with Crippen LogP contribution in [0.25, 0.3) is 0 Å². The molecule has 1 aromatic carbocycles. The van der Waals surface area contributed by atoms with E-state index in [-0.39, 0.29) is 22.0 Å². The van der Waals surface area contributed by atoms with Crippen LogP contribution in [0.2, 0.25) is 10.0 Å². The number of carboxylic acids is 1. The fraction of sp³-hybridized carbons (Fsp3) is 0.273. The topological polar surface area (TPSA) is 87.1 Å². The third-order valence-electron chi connectivity index (χ3n) is 2.27. The molecule has 90 valence electrons. The maximum Gasteiger partial charge on any atom is 0.320 e. The molecule has 3 N–H and O–H groups in total. The number of hydrogen-bond donors (Lipinski definition) is 2. The van der Waals surface area contributed by atoms with Gasteiger partial charge in [0, 0.05) is 0 Å². The average Bonchev–Trinajstić information content (AvgIpc) is 2.29. The third-order valence-corrected chi connectivity index (χ3v) is 3.07. The monoisotopic (exact) mass is 272 g/mol. The molecule has 0 aliphatic rings. The van der Waals surface area contributed by atoms with E-state index in [0.717, 1.165) is 5.56 Å². The molecule has 0 fully saturated rings. The summed E-state index contributed by atoms with van der Waals surface area (Å²) in [5.41, 5.74) is 6.40. The van der Waals surface area contributed by atoms with Crippen molar-refractivity contribution >= 4 is 29.2 Å². The summed E-state index contributed by atoms with van der Waals surface area (Å²) >= 11 is 11.7. The van der Waals surface area contributed by atoms with E-state index in [1.807, 2.05) is 6.07 Å². The van der Waals surface area contributed by atoms with Gasteiger partial charge >= 0.3 is 5.97 Å². The quantitative estimate of drug-likeness (QED) is 0.880. The average molecular weight is 273 g/mol. The maximum absolute atomic E-state index is 10.5. The largest absolute Gasteiger partial charge is 0.480 e. The molecule has 0 spiro atoms. The molecule has 0 amide bonds. The Kier molecular flexibility index (Phi) is 4.76. The summed E-state index contributed by atoms with van der Waals surface area (Å²) in [5, 5.41) is 17.9. The zero-order valence-corrected chi connectivity index (χ0v) is 10.3. The van der Waals surface area contributed by atoms with Gasteiger partial charge in [-0.25, -0.2) is 0 Å². The highest BCUT2D eigenvalue weighted by Gasteiger charge is 2.13. The molecule has 4 nitrogen and oxygen atoms in total. The fourth-order valence-electron chi connectivity index (χ4n) is 1.32. The smallest absolute Gasteiger partial charge is 0.320 e. The number of nitrogens with zero attached hydrogens (tertiary/aromatic N) is 1. The van der Waals surface area contributed by atoms with Crippen LogP contribution in [-0.4, -0.2) is 17.1 Å². The number of carboxylic acid groups (broad SMARTS) is 1. The van der Waals surface area contributed by atoms with Crippen molar-refractivity contribution in [3.63, 3.8) is 0 Å². The van der Waals surface area contributed by atoms with Crippen molar-refractivity contribution in [1.82, 2.24) is 0 Å². The Hall–Kier alpha value is -1.28. The Morgan fingerprint density at radius 2 is 2.18 bits per heavy atom. The van der Waals surface area contributed by atoms with Gasteiger partial charge in [0.1, 0.15) is 12.1 Å². The van der Waals surface area contributed by atoms with Crippen molar-refractivity contribution in [2.45, 2.75) is 18.9 Å². The number of rotatable bonds is 4. The highest BCUT2D eigenvalue weighted by Crippen LogP contribution is 2.27. The summed E-state index contributed by atoms with van der Waals surface area (Å²) in [6.07, 6.45) is 0.706. The first-order chi connectivity index (χ1) is 7.95. The van der Waals surface area contributed by atoms with E-state index >= 15 is 0 Å².